The van der Waals surface area contributed by atoms with Crippen molar-refractivity contribution in [1.82, 2.24) is 4.90 Å². The minimum absolute atomic E-state index is 0.0355. The molecule has 0 aromatic heterocycles. The van der Waals surface area contributed by atoms with Crippen LogP contribution in [0.5, 0.6) is 5.75 Å². The van der Waals surface area contributed by atoms with Crippen LogP contribution in [0.25, 0.3) is 0 Å². The van der Waals surface area contributed by atoms with Crippen molar-refractivity contribution < 1.29 is 28.6 Å². The van der Waals surface area contributed by atoms with Gasteiger partial charge in [-0.2, -0.15) is 0 Å². The summed E-state index contributed by atoms with van der Waals surface area (Å²) >= 11 is 0. The average Bonchev–Trinajstić information content (AvgIpc) is 2.81. The zero-order valence-electron chi connectivity index (χ0n) is 16.9. The molecule has 0 radical (unpaired) electrons. The molecule has 0 aliphatic carbocycles. The Morgan fingerprint density at radius 1 is 1.00 bits per heavy atom. The summed E-state index contributed by atoms with van der Waals surface area (Å²) in [6.45, 7) is 3.28. The number of morpholine rings is 1. The van der Waals surface area contributed by atoms with Crippen LogP contribution in [0.15, 0.2) is 54.6 Å². The number of amides is 1. The molecule has 3 rings (SSSR count). The number of benzene rings is 2. The fraction of sp³-hybridized carbons (Fsp3) is 0.348. The standard InChI is InChI=1S/C23H25NO6/c1-2-20(25)17-8-10-19(11-9-17)29-16-21(26)30-22(18-6-4-3-5-7-18)23(27)24-12-14-28-15-13-24/h3-11,22H,2,12-16H2,1H3/t22-/m1/s1. The summed E-state index contributed by atoms with van der Waals surface area (Å²) in [6, 6.07) is 15.5. The largest absolute Gasteiger partial charge is 0.482 e. The van der Waals surface area contributed by atoms with Gasteiger partial charge >= 0.3 is 5.97 Å². The third-order valence-corrected chi connectivity index (χ3v) is 4.75. The lowest BCUT2D eigenvalue weighted by atomic mass is 10.1. The Bertz CT molecular complexity index is 859. The molecule has 2 aromatic carbocycles. The van der Waals surface area contributed by atoms with Gasteiger partial charge < -0.3 is 19.1 Å². The maximum atomic E-state index is 13.0. The second-order valence-electron chi connectivity index (χ2n) is 6.81. The van der Waals surface area contributed by atoms with Crippen molar-refractivity contribution in [2.24, 2.45) is 0 Å². The van der Waals surface area contributed by atoms with E-state index in [0.29, 0.717) is 49.6 Å². The van der Waals surface area contributed by atoms with E-state index in [1.54, 1.807) is 60.4 Å². The number of ketones is 1. The van der Waals surface area contributed by atoms with Crippen molar-refractivity contribution in [2.75, 3.05) is 32.9 Å². The topological polar surface area (TPSA) is 82.1 Å². The summed E-state index contributed by atoms with van der Waals surface area (Å²) in [6.07, 6.45) is -0.616. The molecule has 1 heterocycles. The monoisotopic (exact) mass is 411 g/mol. The first kappa shape index (κ1) is 21.5. The highest BCUT2D eigenvalue weighted by atomic mass is 16.6. The molecule has 7 nitrogen and oxygen atoms in total. The van der Waals surface area contributed by atoms with Crippen molar-refractivity contribution >= 4 is 17.7 Å². The lowest BCUT2D eigenvalue weighted by molar-refractivity contribution is -0.164. The number of carbonyl (C=O) groups is 3. The molecule has 1 aliphatic rings. The second-order valence-corrected chi connectivity index (χ2v) is 6.81. The Balaban J connectivity index is 1.63. The van der Waals surface area contributed by atoms with Gasteiger partial charge in [-0.05, 0) is 24.3 Å². The molecular weight excluding hydrogens is 386 g/mol. The van der Waals surface area contributed by atoms with Crippen molar-refractivity contribution in [2.45, 2.75) is 19.4 Å². The van der Waals surface area contributed by atoms with Crippen LogP contribution >= 0.6 is 0 Å². The van der Waals surface area contributed by atoms with Gasteiger partial charge in [0.15, 0.2) is 12.4 Å². The molecule has 0 saturated carbocycles. The first-order chi connectivity index (χ1) is 14.6. The molecule has 0 N–H and O–H groups in total. The highest BCUT2D eigenvalue weighted by Gasteiger charge is 2.30. The lowest BCUT2D eigenvalue weighted by Crippen LogP contribution is -2.44. The van der Waals surface area contributed by atoms with E-state index in [1.165, 1.54) is 0 Å². The Morgan fingerprint density at radius 3 is 2.30 bits per heavy atom. The van der Waals surface area contributed by atoms with Crippen molar-refractivity contribution in [3.63, 3.8) is 0 Å². The lowest BCUT2D eigenvalue weighted by Gasteiger charge is -2.30. The van der Waals surface area contributed by atoms with Crippen LogP contribution < -0.4 is 4.74 Å². The second kappa shape index (κ2) is 10.5. The van der Waals surface area contributed by atoms with E-state index in [0.717, 1.165) is 0 Å². The number of carbonyl (C=O) groups excluding carboxylic acids is 3. The molecule has 1 amide bonds. The fourth-order valence-corrected chi connectivity index (χ4v) is 3.09. The van der Waals surface area contributed by atoms with Crippen LogP contribution in [0.2, 0.25) is 0 Å². The zero-order valence-corrected chi connectivity index (χ0v) is 16.9. The van der Waals surface area contributed by atoms with Crippen LogP contribution in [-0.4, -0.2) is 55.5 Å². The molecule has 30 heavy (non-hydrogen) atoms. The quantitative estimate of drug-likeness (QED) is 0.491. The maximum Gasteiger partial charge on any atom is 0.345 e. The number of hydrogen-bond donors (Lipinski definition) is 0. The van der Waals surface area contributed by atoms with Gasteiger partial charge in [0.05, 0.1) is 13.2 Å². The predicted octanol–water partition coefficient (Wildman–Crippen LogP) is 2.80. The Labute approximate surface area is 175 Å². The predicted molar refractivity (Wildman–Crippen MR) is 109 cm³/mol. The minimum atomic E-state index is -1.04. The molecular formula is C23H25NO6. The normalized spacial score (nSPS) is 14.6. The Hall–Kier alpha value is -3.19. The average molecular weight is 411 g/mol. The molecule has 1 atom stereocenters. The van der Waals surface area contributed by atoms with Gasteiger partial charge in [0.25, 0.3) is 5.91 Å². The molecule has 158 valence electrons. The number of ether oxygens (including phenoxy) is 3. The van der Waals surface area contributed by atoms with Gasteiger partial charge in [0.2, 0.25) is 6.10 Å². The molecule has 1 aliphatic heterocycles. The van der Waals surface area contributed by atoms with Crippen molar-refractivity contribution in [3.8, 4) is 5.75 Å². The summed E-state index contributed by atoms with van der Waals surface area (Å²) in [7, 11) is 0. The van der Waals surface area contributed by atoms with E-state index < -0.39 is 12.1 Å². The van der Waals surface area contributed by atoms with Crippen molar-refractivity contribution in [3.05, 3.63) is 65.7 Å². The van der Waals surface area contributed by atoms with Crippen molar-refractivity contribution in [1.29, 1.82) is 0 Å². The van der Waals surface area contributed by atoms with Gasteiger partial charge in [0.1, 0.15) is 5.75 Å². The van der Waals surface area contributed by atoms with Gasteiger partial charge in [-0.3, -0.25) is 9.59 Å². The number of Topliss-reactive ketones (excluding diaryl/α,β-unsaturated/α-hetero) is 1. The summed E-state index contributed by atoms with van der Waals surface area (Å²) in [5.74, 6) is -0.455. The van der Waals surface area contributed by atoms with Crippen LogP contribution in [0.4, 0.5) is 0 Å². The molecule has 0 unspecified atom stereocenters. The van der Waals surface area contributed by atoms with E-state index >= 15 is 0 Å². The van der Waals surface area contributed by atoms with E-state index in [-0.39, 0.29) is 18.3 Å². The molecule has 7 heteroatoms. The zero-order chi connectivity index (χ0) is 21.3. The van der Waals surface area contributed by atoms with Gasteiger partial charge in [-0.1, -0.05) is 37.3 Å². The maximum absolute atomic E-state index is 13.0. The minimum Gasteiger partial charge on any atom is -0.482 e. The number of hydrogen-bond acceptors (Lipinski definition) is 6. The SMILES string of the molecule is CCC(=O)c1ccc(OCC(=O)O[C@@H](C(=O)N2CCOCC2)c2ccccc2)cc1. The fourth-order valence-electron chi connectivity index (χ4n) is 3.09. The highest BCUT2D eigenvalue weighted by molar-refractivity contribution is 5.95. The van der Waals surface area contributed by atoms with Gasteiger partial charge in [-0.15, -0.1) is 0 Å². The van der Waals surface area contributed by atoms with E-state index in [9.17, 15) is 14.4 Å². The summed E-state index contributed by atoms with van der Waals surface area (Å²) in [5.41, 5.74) is 1.19. The first-order valence-corrected chi connectivity index (χ1v) is 9.95. The number of rotatable bonds is 8. The summed E-state index contributed by atoms with van der Waals surface area (Å²) < 4.78 is 16.3. The molecule has 0 spiro atoms. The summed E-state index contributed by atoms with van der Waals surface area (Å²) in [5, 5.41) is 0. The third-order valence-electron chi connectivity index (χ3n) is 4.75. The number of esters is 1. The first-order valence-electron chi connectivity index (χ1n) is 9.95. The Morgan fingerprint density at radius 2 is 1.67 bits per heavy atom. The highest BCUT2D eigenvalue weighted by Crippen LogP contribution is 2.22. The third kappa shape index (κ3) is 5.67. The van der Waals surface area contributed by atoms with Crippen LogP contribution in [0.3, 0.4) is 0 Å². The Kier molecular flexibility index (Phi) is 7.57. The molecule has 0 bridgehead atoms. The van der Waals surface area contributed by atoms with E-state index in [1.807, 2.05) is 6.07 Å². The van der Waals surface area contributed by atoms with Crippen LogP contribution in [-0.2, 0) is 19.1 Å². The molecule has 1 saturated heterocycles. The molecule has 2 aromatic rings. The summed E-state index contributed by atoms with van der Waals surface area (Å²) in [4.78, 5) is 38.7. The van der Waals surface area contributed by atoms with E-state index in [4.69, 9.17) is 14.2 Å². The number of nitrogens with zero attached hydrogens (tertiary/aromatic N) is 1. The van der Waals surface area contributed by atoms with Gasteiger partial charge in [-0.25, -0.2) is 4.79 Å². The smallest absolute Gasteiger partial charge is 0.345 e. The molecule has 1 fully saturated rings. The van der Waals surface area contributed by atoms with Crippen LogP contribution in [0, 0.1) is 0 Å². The van der Waals surface area contributed by atoms with E-state index in [2.05, 4.69) is 0 Å². The van der Waals surface area contributed by atoms with Gasteiger partial charge in [0, 0.05) is 30.6 Å². The van der Waals surface area contributed by atoms with Crippen LogP contribution in [0.1, 0.15) is 35.4 Å².